The average Bonchev–Trinajstić information content (AvgIpc) is 2.47. The molecule has 0 aliphatic carbocycles. The van der Waals surface area contributed by atoms with Crippen molar-refractivity contribution in [2.24, 2.45) is 5.92 Å². The summed E-state index contributed by atoms with van der Waals surface area (Å²) in [6, 6.07) is 7.80. The Labute approximate surface area is 122 Å². The molecule has 1 aliphatic rings. The fraction of sp³-hybridized carbons (Fsp3) is 0.647. The lowest BCUT2D eigenvalue weighted by Gasteiger charge is -2.30. The first-order valence-corrected chi connectivity index (χ1v) is 7.82. The van der Waals surface area contributed by atoms with Crippen molar-refractivity contribution in [3.8, 4) is 5.75 Å². The molecule has 1 aromatic carbocycles. The zero-order valence-electron chi connectivity index (χ0n) is 12.7. The van der Waals surface area contributed by atoms with Crippen LogP contribution in [0.1, 0.15) is 44.8 Å². The molecule has 1 unspecified atom stereocenters. The maximum absolute atomic E-state index is 10.3. The zero-order chi connectivity index (χ0) is 14.4. The second-order valence-corrected chi connectivity index (χ2v) is 5.83. The SMILES string of the molecule is CCOc1ccc(C(O)CCN2CCC(C)CC2)cc1. The quantitative estimate of drug-likeness (QED) is 0.866. The molecular formula is C17H27NO2. The fourth-order valence-electron chi connectivity index (χ4n) is 2.71. The van der Waals surface area contributed by atoms with E-state index in [0.717, 1.165) is 30.2 Å². The summed E-state index contributed by atoms with van der Waals surface area (Å²) in [6.45, 7) is 8.32. The number of nitrogens with zero attached hydrogens (tertiary/aromatic N) is 1. The number of ether oxygens (including phenoxy) is 1. The van der Waals surface area contributed by atoms with Crippen molar-refractivity contribution in [3.05, 3.63) is 29.8 Å². The van der Waals surface area contributed by atoms with E-state index in [9.17, 15) is 5.11 Å². The van der Waals surface area contributed by atoms with Gasteiger partial charge in [-0.2, -0.15) is 0 Å². The number of piperidine rings is 1. The standard InChI is InChI=1S/C17H27NO2/c1-3-20-16-6-4-15(5-7-16)17(19)10-13-18-11-8-14(2)9-12-18/h4-7,14,17,19H,3,8-13H2,1-2H3. The molecule has 3 heteroatoms. The second-order valence-electron chi connectivity index (χ2n) is 5.83. The predicted molar refractivity (Wildman–Crippen MR) is 82.0 cm³/mol. The smallest absolute Gasteiger partial charge is 0.119 e. The highest BCUT2D eigenvalue weighted by molar-refractivity contribution is 5.28. The third kappa shape index (κ3) is 4.50. The van der Waals surface area contributed by atoms with E-state index in [2.05, 4.69) is 11.8 Å². The first-order valence-electron chi connectivity index (χ1n) is 7.82. The van der Waals surface area contributed by atoms with E-state index in [1.54, 1.807) is 0 Å². The van der Waals surface area contributed by atoms with E-state index in [0.29, 0.717) is 6.61 Å². The summed E-state index contributed by atoms with van der Waals surface area (Å²) in [5.41, 5.74) is 0.985. The van der Waals surface area contributed by atoms with Crippen molar-refractivity contribution < 1.29 is 9.84 Å². The van der Waals surface area contributed by atoms with E-state index in [-0.39, 0.29) is 6.10 Å². The minimum atomic E-state index is -0.370. The summed E-state index contributed by atoms with van der Waals surface area (Å²) in [6.07, 6.45) is 3.02. The van der Waals surface area contributed by atoms with Crippen LogP contribution in [0.25, 0.3) is 0 Å². The summed E-state index contributed by atoms with van der Waals surface area (Å²) < 4.78 is 5.42. The van der Waals surface area contributed by atoms with Crippen LogP contribution in [0.2, 0.25) is 0 Å². The van der Waals surface area contributed by atoms with E-state index in [4.69, 9.17) is 4.74 Å². The van der Waals surface area contributed by atoms with E-state index in [1.165, 1.54) is 25.9 Å². The molecule has 0 aromatic heterocycles. The first kappa shape index (κ1) is 15.3. The van der Waals surface area contributed by atoms with Crippen LogP contribution in [-0.4, -0.2) is 36.2 Å². The van der Waals surface area contributed by atoms with Gasteiger partial charge >= 0.3 is 0 Å². The lowest BCUT2D eigenvalue weighted by Crippen LogP contribution is -2.34. The molecule has 1 atom stereocenters. The van der Waals surface area contributed by atoms with Gasteiger partial charge in [-0.1, -0.05) is 19.1 Å². The molecule has 0 bridgehead atoms. The molecule has 0 saturated carbocycles. The highest BCUT2D eigenvalue weighted by atomic mass is 16.5. The Hall–Kier alpha value is -1.06. The van der Waals surface area contributed by atoms with Gasteiger partial charge in [0.2, 0.25) is 0 Å². The predicted octanol–water partition coefficient (Wildman–Crippen LogP) is 3.24. The Balaban J connectivity index is 1.77. The van der Waals surface area contributed by atoms with Gasteiger partial charge in [-0.3, -0.25) is 0 Å². The number of aliphatic hydroxyl groups is 1. The molecule has 0 amide bonds. The van der Waals surface area contributed by atoms with E-state index >= 15 is 0 Å². The molecule has 1 aliphatic heterocycles. The van der Waals surface area contributed by atoms with Crippen LogP contribution in [0.3, 0.4) is 0 Å². The molecular weight excluding hydrogens is 250 g/mol. The summed E-state index contributed by atoms with van der Waals surface area (Å²) in [5.74, 6) is 1.73. The van der Waals surface area contributed by atoms with Gasteiger partial charge in [0.15, 0.2) is 0 Å². The molecule has 1 heterocycles. The highest BCUT2D eigenvalue weighted by Crippen LogP contribution is 2.22. The van der Waals surface area contributed by atoms with Crippen LogP contribution >= 0.6 is 0 Å². The van der Waals surface area contributed by atoms with Crippen molar-refractivity contribution in [2.45, 2.75) is 39.2 Å². The maximum Gasteiger partial charge on any atom is 0.119 e. The average molecular weight is 277 g/mol. The third-order valence-electron chi connectivity index (χ3n) is 4.17. The van der Waals surface area contributed by atoms with Gasteiger partial charge in [0.1, 0.15) is 5.75 Å². The minimum Gasteiger partial charge on any atom is -0.494 e. The Morgan fingerprint density at radius 1 is 1.25 bits per heavy atom. The van der Waals surface area contributed by atoms with Gasteiger partial charge in [-0.25, -0.2) is 0 Å². The van der Waals surface area contributed by atoms with Crippen molar-refractivity contribution in [2.75, 3.05) is 26.2 Å². The molecule has 112 valence electrons. The summed E-state index contributed by atoms with van der Waals surface area (Å²) in [7, 11) is 0. The highest BCUT2D eigenvalue weighted by Gasteiger charge is 2.17. The van der Waals surface area contributed by atoms with Crippen molar-refractivity contribution in [1.82, 2.24) is 4.90 Å². The van der Waals surface area contributed by atoms with E-state index in [1.807, 2.05) is 31.2 Å². The van der Waals surface area contributed by atoms with Crippen molar-refractivity contribution in [1.29, 1.82) is 0 Å². The van der Waals surface area contributed by atoms with Crippen LogP contribution in [0, 0.1) is 5.92 Å². The molecule has 3 nitrogen and oxygen atoms in total. The van der Waals surface area contributed by atoms with Crippen LogP contribution in [0.15, 0.2) is 24.3 Å². The Morgan fingerprint density at radius 3 is 2.50 bits per heavy atom. The molecule has 1 fully saturated rings. The summed E-state index contributed by atoms with van der Waals surface area (Å²) in [4.78, 5) is 2.47. The number of likely N-dealkylation sites (tertiary alicyclic amines) is 1. The van der Waals surface area contributed by atoms with Crippen molar-refractivity contribution in [3.63, 3.8) is 0 Å². The summed E-state index contributed by atoms with van der Waals surface area (Å²) in [5, 5.41) is 10.3. The van der Waals surface area contributed by atoms with Gasteiger partial charge < -0.3 is 14.7 Å². The molecule has 0 spiro atoms. The Bertz CT molecular complexity index is 382. The van der Waals surface area contributed by atoms with Crippen LogP contribution in [0.4, 0.5) is 0 Å². The molecule has 1 N–H and O–H groups in total. The number of hydrogen-bond acceptors (Lipinski definition) is 3. The molecule has 1 aromatic rings. The molecule has 20 heavy (non-hydrogen) atoms. The van der Waals surface area contributed by atoms with Crippen molar-refractivity contribution >= 4 is 0 Å². The van der Waals surface area contributed by atoms with Gasteiger partial charge in [0.25, 0.3) is 0 Å². The second kappa shape index (κ2) is 7.65. The Morgan fingerprint density at radius 2 is 1.90 bits per heavy atom. The normalized spacial score (nSPS) is 18.9. The topological polar surface area (TPSA) is 32.7 Å². The van der Waals surface area contributed by atoms with Gasteiger partial charge in [0.05, 0.1) is 12.7 Å². The molecule has 1 saturated heterocycles. The maximum atomic E-state index is 10.3. The lowest BCUT2D eigenvalue weighted by molar-refractivity contribution is 0.125. The van der Waals surface area contributed by atoms with Crippen LogP contribution in [0.5, 0.6) is 5.75 Å². The minimum absolute atomic E-state index is 0.370. The van der Waals surface area contributed by atoms with Gasteiger partial charge in [-0.05, 0) is 62.9 Å². The number of rotatable bonds is 6. The third-order valence-corrected chi connectivity index (χ3v) is 4.17. The van der Waals surface area contributed by atoms with Gasteiger partial charge in [0, 0.05) is 6.54 Å². The molecule has 0 radical (unpaired) electrons. The monoisotopic (exact) mass is 277 g/mol. The first-order chi connectivity index (χ1) is 9.69. The lowest BCUT2D eigenvalue weighted by atomic mass is 9.98. The number of hydrogen-bond donors (Lipinski definition) is 1. The zero-order valence-corrected chi connectivity index (χ0v) is 12.7. The molecule has 2 rings (SSSR count). The summed E-state index contributed by atoms with van der Waals surface area (Å²) >= 11 is 0. The number of aliphatic hydroxyl groups excluding tert-OH is 1. The fourth-order valence-corrected chi connectivity index (χ4v) is 2.71. The van der Waals surface area contributed by atoms with Crippen LogP contribution in [-0.2, 0) is 0 Å². The van der Waals surface area contributed by atoms with E-state index < -0.39 is 0 Å². The largest absolute Gasteiger partial charge is 0.494 e. The number of benzene rings is 1. The Kier molecular flexibility index (Phi) is 5.86. The van der Waals surface area contributed by atoms with Gasteiger partial charge in [-0.15, -0.1) is 0 Å². The van der Waals surface area contributed by atoms with Crippen LogP contribution < -0.4 is 4.74 Å².